The van der Waals surface area contributed by atoms with Crippen molar-refractivity contribution in [1.82, 2.24) is 0 Å². The van der Waals surface area contributed by atoms with Crippen molar-refractivity contribution in [3.63, 3.8) is 0 Å². The Hall–Kier alpha value is -6.78. The molecule has 0 spiro atoms. The maximum Gasteiger partial charge on any atom is 0.0540 e. The highest BCUT2D eigenvalue weighted by Crippen LogP contribution is 2.47. The zero-order valence-corrected chi connectivity index (χ0v) is 32.6. The second-order valence-corrected chi connectivity index (χ2v) is 16.6. The number of nitrogens with zero attached hydrogens (tertiary/aromatic N) is 1. The van der Waals surface area contributed by atoms with Crippen LogP contribution in [0.5, 0.6) is 0 Å². The van der Waals surface area contributed by atoms with Gasteiger partial charge in [0.1, 0.15) is 0 Å². The number of rotatable bonds is 7. The summed E-state index contributed by atoms with van der Waals surface area (Å²) in [4.78, 5) is 2.45. The van der Waals surface area contributed by atoms with Gasteiger partial charge in [0.15, 0.2) is 0 Å². The fourth-order valence-corrected chi connectivity index (χ4v) is 10.8. The van der Waals surface area contributed by atoms with Crippen molar-refractivity contribution < 1.29 is 0 Å². The van der Waals surface area contributed by atoms with Crippen LogP contribution in [0.1, 0.15) is 0 Å². The molecule has 0 unspecified atom stereocenters. The van der Waals surface area contributed by atoms with Gasteiger partial charge < -0.3 is 4.90 Å². The SMILES string of the molecule is c1ccc(-c2ccccc2-c2ccccc2-c2ccccc2N(c2ccc(-c3cccc4sc5ccccc5c34)cc2)c2ccc3c(c2)sc2ccccc23)cc1. The lowest BCUT2D eigenvalue weighted by atomic mass is 9.88. The highest BCUT2D eigenvalue weighted by Gasteiger charge is 2.21. The molecular formula is C54H35NS2. The molecule has 0 aliphatic heterocycles. The van der Waals surface area contributed by atoms with Crippen LogP contribution in [0.15, 0.2) is 212 Å². The van der Waals surface area contributed by atoms with Crippen LogP contribution in [-0.2, 0) is 0 Å². The topological polar surface area (TPSA) is 3.24 Å². The molecular weight excluding hydrogens is 727 g/mol. The molecule has 0 saturated carbocycles. The zero-order chi connectivity index (χ0) is 37.7. The Balaban J connectivity index is 1.10. The van der Waals surface area contributed by atoms with Crippen molar-refractivity contribution in [2.24, 2.45) is 0 Å². The van der Waals surface area contributed by atoms with E-state index in [0.717, 1.165) is 17.1 Å². The summed E-state index contributed by atoms with van der Waals surface area (Å²) in [7, 11) is 0. The van der Waals surface area contributed by atoms with E-state index < -0.39 is 0 Å². The monoisotopic (exact) mass is 761 g/mol. The van der Waals surface area contributed by atoms with Gasteiger partial charge in [0.25, 0.3) is 0 Å². The zero-order valence-electron chi connectivity index (χ0n) is 31.0. The number of fused-ring (bicyclic) bond motifs is 6. The molecule has 0 atom stereocenters. The standard InChI is InChI=1S/C54H35NS2/c1-2-15-36(16-3-1)40-17-4-5-18-42(40)43-19-6-7-20-44(43)45-21-8-11-25-49(45)55(39-33-34-47-46-22-9-12-26-50(46)57-53(47)35-39)38-31-29-37(30-32-38)41-24-14-28-52-54(41)48-23-10-13-27-51(48)56-52/h1-35H. The summed E-state index contributed by atoms with van der Waals surface area (Å²) in [6.07, 6.45) is 0. The van der Waals surface area contributed by atoms with Gasteiger partial charge in [-0.1, -0.05) is 164 Å². The minimum atomic E-state index is 1.11. The average Bonchev–Trinajstić information content (AvgIpc) is 3.86. The molecule has 9 aromatic carbocycles. The largest absolute Gasteiger partial charge is 0.310 e. The summed E-state index contributed by atoms with van der Waals surface area (Å²) >= 11 is 3.73. The van der Waals surface area contributed by atoms with Gasteiger partial charge in [-0.25, -0.2) is 0 Å². The van der Waals surface area contributed by atoms with Gasteiger partial charge >= 0.3 is 0 Å². The molecule has 0 saturated heterocycles. The van der Waals surface area contributed by atoms with Crippen LogP contribution in [0.3, 0.4) is 0 Å². The van der Waals surface area contributed by atoms with E-state index >= 15 is 0 Å². The maximum absolute atomic E-state index is 2.45. The van der Waals surface area contributed by atoms with Crippen LogP contribution in [0.4, 0.5) is 17.1 Å². The van der Waals surface area contributed by atoms with Crippen molar-refractivity contribution in [2.75, 3.05) is 4.90 Å². The van der Waals surface area contributed by atoms with Crippen molar-refractivity contribution in [1.29, 1.82) is 0 Å². The summed E-state index contributed by atoms with van der Waals surface area (Å²) < 4.78 is 5.23. The molecule has 0 N–H and O–H groups in total. The first-order valence-electron chi connectivity index (χ1n) is 19.3. The average molecular weight is 762 g/mol. The number of hydrogen-bond donors (Lipinski definition) is 0. The third kappa shape index (κ3) is 5.83. The third-order valence-corrected chi connectivity index (χ3v) is 13.4. The molecule has 0 aliphatic carbocycles. The van der Waals surface area contributed by atoms with E-state index in [4.69, 9.17) is 0 Å². The Labute approximate surface area is 340 Å². The molecule has 3 heteroatoms. The van der Waals surface area contributed by atoms with Crippen LogP contribution < -0.4 is 4.90 Å². The number of benzene rings is 9. The predicted molar refractivity (Wildman–Crippen MR) is 249 cm³/mol. The van der Waals surface area contributed by atoms with Crippen molar-refractivity contribution in [3.05, 3.63) is 212 Å². The van der Waals surface area contributed by atoms with E-state index in [9.17, 15) is 0 Å². The molecule has 0 aliphatic rings. The van der Waals surface area contributed by atoms with Gasteiger partial charge in [-0.05, 0) is 87.5 Å². The number of para-hydroxylation sites is 1. The van der Waals surface area contributed by atoms with Crippen LogP contribution >= 0.6 is 22.7 Å². The summed E-state index contributed by atoms with van der Waals surface area (Å²) in [5.74, 6) is 0. The molecule has 11 rings (SSSR count). The number of thiophene rings is 2. The Morgan fingerprint density at radius 1 is 0.281 bits per heavy atom. The minimum absolute atomic E-state index is 1.11. The smallest absolute Gasteiger partial charge is 0.0540 e. The second kappa shape index (κ2) is 14.1. The lowest BCUT2D eigenvalue weighted by molar-refractivity contribution is 1.29. The van der Waals surface area contributed by atoms with E-state index in [1.54, 1.807) is 0 Å². The highest BCUT2D eigenvalue weighted by molar-refractivity contribution is 7.26. The lowest BCUT2D eigenvalue weighted by Gasteiger charge is -2.29. The normalized spacial score (nSPS) is 11.5. The summed E-state index contributed by atoms with van der Waals surface area (Å²) in [6.45, 7) is 0. The van der Waals surface area contributed by atoms with Crippen molar-refractivity contribution >= 4 is 80.1 Å². The molecule has 268 valence electrons. The Kier molecular flexibility index (Phi) is 8.28. The fraction of sp³-hybridized carbons (Fsp3) is 0. The van der Waals surface area contributed by atoms with Gasteiger partial charge in [-0.3, -0.25) is 0 Å². The quantitative estimate of drug-likeness (QED) is 0.156. The molecule has 0 fully saturated rings. The van der Waals surface area contributed by atoms with Crippen LogP contribution in [0, 0.1) is 0 Å². The van der Waals surface area contributed by atoms with Gasteiger partial charge in [0.05, 0.1) is 5.69 Å². The molecule has 0 amide bonds. The van der Waals surface area contributed by atoms with E-state index in [2.05, 4.69) is 217 Å². The van der Waals surface area contributed by atoms with Gasteiger partial charge in [-0.2, -0.15) is 0 Å². The molecule has 57 heavy (non-hydrogen) atoms. The van der Waals surface area contributed by atoms with Crippen LogP contribution in [0.2, 0.25) is 0 Å². The molecule has 0 radical (unpaired) electrons. The van der Waals surface area contributed by atoms with Gasteiger partial charge in [-0.15, -0.1) is 22.7 Å². The first kappa shape index (κ1) is 33.5. The van der Waals surface area contributed by atoms with Gasteiger partial charge in [0, 0.05) is 57.3 Å². The fourth-order valence-electron chi connectivity index (χ4n) is 8.52. The Morgan fingerprint density at radius 2 is 0.772 bits per heavy atom. The molecule has 2 heterocycles. The second-order valence-electron chi connectivity index (χ2n) is 14.4. The summed E-state index contributed by atoms with van der Waals surface area (Å²) in [5.41, 5.74) is 13.1. The first-order valence-corrected chi connectivity index (χ1v) is 21.0. The highest BCUT2D eigenvalue weighted by atomic mass is 32.1. The molecule has 11 aromatic rings. The number of hydrogen-bond acceptors (Lipinski definition) is 3. The minimum Gasteiger partial charge on any atom is -0.310 e. The van der Waals surface area contributed by atoms with Gasteiger partial charge in [0.2, 0.25) is 0 Å². The van der Waals surface area contributed by atoms with Crippen LogP contribution in [-0.4, -0.2) is 0 Å². The van der Waals surface area contributed by atoms with E-state index in [1.165, 1.54) is 84.9 Å². The first-order chi connectivity index (χ1) is 28.3. The molecule has 2 aromatic heterocycles. The maximum atomic E-state index is 2.45. The number of anilines is 3. The van der Waals surface area contributed by atoms with Crippen molar-refractivity contribution in [2.45, 2.75) is 0 Å². The summed E-state index contributed by atoms with van der Waals surface area (Å²) in [5, 5.41) is 5.25. The molecule has 0 bridgehead atoms. The van der Waals surface area contributed by atoms with Crippen molar-refractivity contribution in [3.8, 4) is 44.5 Å². The van der Waals surface area contributed by atoms with Crippen LogP contribution in [0.25, 0.3) is 84.9 Å². The third-order valence-electron chi connectivity index (χ3n) is 11.1. The lowest BCUT2D eigenvalue weighted by Crippen LogP contribution is -2.11. The predicted octanol–water partition coefficient (Wildman–Crippen LogP) is 16.6. The van der Waals surface area contributed by atoms with E-state index in [-0.39, 0.29) is 0 Å². The van der Waals surface area contributed by atoms with E-state index in [1.807, 2.05) is 22.7 Å². The Bertz CT molecular complexity index is 3240. The Morgan fingerprint density at radius 3 is 1.54 bits per heavy atom. The molecule has 1 nitrogen and oxygen atoms in total. The summed E-state index contributed by atoms with van der Waals surface area (Å²) in [6, 6.07) is 77.6. The van der Waals surface area contributed by atoms with E-state index in [0.29, 0.717) is 0 Å².